The van der Waals surface area contributed by atoms with Gasteiger partial charge >= 0.3 is 0 Å². The van der Waals surface area contributed by atoms with Crippen molar-refractivity contribution in [3.8, 4) is 0 Å². The van der Waals surface area contributed by atoms with Gasteiger partial charge in [-0.2, -0.15) is 0 Å². The van der Waals surface area contributed by atoms with Crippen LogP contribution in [-0.2, 0) is 9.59 Å². The number of anilines is 2. The zero-order chi connectivity index (χ0) is 26.7. The van der Waals surface area contributed by atoms with Gasteiger partial charge in [-0.05, 0) is 60.5 Å². The van der Waals surface area contributed by atoms with Crippen LogP contribution in [-0.4, -0.2) is 23.5 Å². The molecule has 0 aromatic heterocycles. The van der Waals surface area contributed by atoms with Crippen LogP contribution in [0.5, 0.6) is 0 Å². The molecule has 7 heteroatoms. The molecule has 0 radical (unpaired) electrons. The number of carbonyl (C=O) groups excluding carboxylic acids is 3. The third kappa shape index (κ3) is 7.69. The van der Waals surface area contributed by atoms with Gasteiger partial charge in [-0.1, -0.05) is 72.8 Å². The summed E-state index contributed by atoms with van der Waals surface area (Å²) in [6.45, 7) is 1.94. The molecule has 0 atom stereocenters. The molecular formula is C31H27N3O3S. The van der Waals surface area contributed by atoms with Crippen LogP contribution >= 0.6 is 11.8 Å². The fraction of sp³-hybridized carbons (Fsp3) is 0.0645. The molecule has 3 N–H and O–H groups in total. The lowest BCUT2D eigenvalue weighted by atomic mass is 10.1. The lowest BCUT2D eigenvalue weighted by molar-refractivity contribution is -0.114. The van der Waals surface area contributed by atoms with Crippen molar-refractivity contribution in [3.63, 3.8) is 0 Å². The van der Waals surface area contributed by atoms with E-state index in [0.717, 1.165) is 21.7 Å². The van der Waals surface area contributed by atoms with Crippen molar-refractivity contribution >= 4 is 46.9 Å². The number of nitrogens with one attached hydrogen (secondary N) is 3. The lowest BCUT2D eigenvalue weighted by Crippen LogP contribution is -2.30. The number of hydrogen-bond acceptors (Lipinski definition) is 4. The first-order valence-electron chi connectivity index (χ1n) is 12.0. The molecule has 0 saturated carbocycles. The van der Waals surface area contributed by atoms with Gasteiger partial charge < -0.3 is 16.0 Å². The van der Waals surface area contributed by atoms with Crippen molar-refractivity contribution in [1.82, 2.24) is 5.32 Å². The molecule has 4 aromatic rings. The first-order valence-corrected chi connectivity index (χ1v) is 13.0. The van der Waals surface area contributed by atoms with Gasteiger partial charge in [0.05, 0.1) is 5.75 Å². The predicted octanol–water partition coefficient (Wildman–Crippen LogP) is 6.14. The SMILES string of the molecule is Cc1ccccc1NC(=O)CSc1cccc(NC(=O)/C(=C/c2ccccc2)NC(=O)c2ccccc2)c1. The molecule has 0 spiro atoms. The van der Waals surface area contributed by atoms with Crippen LogP contribution in [0.2, 0.25) is 0 Å². The number of benzene rings is 4. The summed E-state index contributed by atoms with van der Waals surface area (Å²) < 4.78 is 0. The second kappa shape index (κ2) is 13.1. The van der Waals surface area contributed by atoms with E-state index in [1.807, 2.05) is 73.7 Å². The first-order chi connectivity index (χ1) is 18.5. The summed E-state index contributed by atoms with van der Waals surface area (Å²) in [6, 6.07) is 32.9. The Balaban J connectivity index is 1.43. The smallest absolute Gasteiger partial charge is 0.272 e. The maximum Gasteiger partial charge on any atom is 0.272 e. The van der Waals surface area contributed by atoms with Crippen LogP contribution < -0.4 is 16.0 Å². The molecule has 4 rings (SSSR count). The van der Waals surface area contributed by atoms with E-state index in [0.29, 0.717) is 11.3 Å². The molecule has 0 unspecified atom stereocenters. The third-order valence-corrected chi connectivity index (χ3v) is 6.51. The van der Waals surface area contributed by atoms with Crippen molar-refractivity contribution in [2.45, 2.75) is 11.8 Å². The molecule has 0 saturated heterocycles. The van der Waals surface area contributed by atoms with Crippen LogP contribution in [0, 0.1) is 6.92 Å². The van der Waals surface area contributed by atoms with Gasteiger partial charge in [-0.25, -0.2) is 0 Å². The van der Waals surface area contributed by atoms with Gasteiger partial charge in [0.2, 0.25) is 5.91 Å². The number of para-hydroxylation sites is 1. The topological polar surface area (TPSA) is 87.3 Å². The molecule has 0 fully saturated rings. The summed E-state index contributed by atoms with van der Waals surface area (Å²) >= 11 is 1.37. The van der Waals surface area contributed by atoms with Crippen LogP contribution in [0.25, 0.3) is 6.08 Å². The van der Waals surface area contributed by atoms with Gasteiger partial charge in [-0.15, -0.1) is 11.8 Å². The minimum atomic E-state index is -0.461. The Labute approximate surface area is 226 Å². The fourth-order valence-corrected chi connectivity index (χ4v) is 4.32. The fourth-order valence-electron chi connectivity index (χ4n) is 3.57. The van der Waals surface area contributed by atoms with E-state index in [9.17, 15) is 14.4 Å². The highest BCUT2D eigenvalue weighted by atomic mass is 32.2. The molecule has 3 amide bonds. The van der Waals surface area contributed by atoms with Crippen LogP contribution in [0.15, 0.2) is 120 Å². The van der Waals surface area contributed by atoms with Crippen molar-refractivity contribution in [2.75, 3.05) is 16.4 Å². The molecule has 0 heterocycles. The van der Waals surface area contributed by atoms with Crippen LogP contribution in [0.4, 0.5) is 11.4 Å². The lowest BCUT2D eigenvalue weighted by Gasteiger charge is -2.12. The molecule has 0 aliphatic heterocycles. The third-order valence-electron chi connectivity index (χ3n) is 5.52. The average Bonchev–Trinajstić information content (AvgIpc) is 2.94. The number of thioether (sulfide) groups is 1. The summed E-state index contributed by atoms with van der Waals surface area (Å²) in [5, 5.41) is 8.51. The number of rotatable bonds is 9. The van der Waals surface area contributed by atoms with Crippen LogP contribution in [0.3, 0.4) is 0 Å². The Kier molecular flexibility index (Phi) is 9.10. The van der Waals surface area contributed by atoms with E-state index in [1.54, 1.807) is 48.5 Å². The zero-order valence-corrected chi connectivity index (χ0v) is 21.6. The van der Waals surface area contributed by atoms with Gasteiger partial charge in [0.1, 0.15) is 5.70 Å². The highest BCUT2D eigenvalue weighted by molar-refractivity contribution is 8.00. The number of aryl methyl sites for hydroxylation is 1. The highest BCUT2D eigenvalue weighted by Gasteiger charge is 2.15. The van der Waals surface area contributed by atoms with E-state index in [-0.39, 0.29) is 23.3 Å². The molecule has 0 bridgehead atoms. The van der Waals surface area contributed by atoms with Gasteiger partial charge in [-0.3, -0.25) is 14.4 Å². The van der Waals surface area contributed by atoms with Crippen molar-refractivity contribution in [1.29, 1.82) is 0 Å². The molecule has 6 nitrogen and oxygen atoms in total. The average molecular weight is 522 g/mol. The number of hydrogen-bond donors (Lipinski definition) is 3. The summed E-state index contributed by atoms with van der Waals surface area (Å²) in [7, 11) is 0. The first kappa shape index (κ1) is 26.4. The Bertz CT molecular complexity index is 1450. The maximum absolute atomic E-state index is 13.2. The Morgan fingerprint density at radius 3 is 2.18 bits per heavy atom. The summed E-state index contributed by atoms with van der Waals surface area (Å²) in [4.78, 5) is 39.3. The summed E-state index contributed by atoms with van der Waals surface area (Å²) in [5.41, 5.74) is 3.66. The summed E-state index contributed by atoms with van der Waals surface area (Å²) in [6.07, 6.45) is 1.63. The molecular weight excluding hydrogens is 494 g/mol. The highest BCUT2D eigenvalue weighted by Crippen LogP contribution is 2.23. The van der Waals surface area contributed by atoms with E-state index in [2.05, 4.69) is 16.0 Å². The van der Waals surface area contributed by atoms with Crippen molar-refractivity contribution in [3.05, 3.63) is 132 Å². The number of carbonyl (C=O) groups is 3. The monoisotopic (exact) mass is 521 g/mol. The van der Waals surface area contributed by atoms with E-state index in [4.69, 9.17) is 0 Å². The molecule has 0 aliphatic rings. The molecule has 4 aromatic carbocycles. The normalized spacial score (nSPS) is 10.9. The van der Waals surface area contributed by atoms with E-state index < -0.39 is 5.91 Å². The molecule has 38 heavy (non-hydrogen) atoms. The zero-order valence-electron chi connectivity index (χ0n) is 20.8. The Morgan fingerprint density at radius 1 is 0.763 bits per heavy atom. The largest absolute Gasteiger partial charge is 0.325 e. The Hall–Kier alpha value is -4.62. The van der Waals surface area contributed by atoms with Crippen molar-refractivity contribution in [2.24, 2.45) is 0 Å². The quantitative estimate of drug-likeness (QED) is 0.183. The minimum absolute atomic E-state index is 0.112. The predicted molar refractivity (Wildman–Crippen MR) is 154 cm³/mol. The molecule has 0 aliphatic carbocycles. The van der Waals surface area contributed by atoms with E-state index in [1.165, 1.54) is 11.8 Å². The van der Waals surface area contributed by atoms with Crippen LogP contribution in [0.1, 0.15) is 21.5 Å². The molecule has 190 valence electrons. The second-order valence-corrected chi connectivity index (χ2v) is 9.47. The van der Waals surface area contributed by atoms with Gasteiger partial charge in [0, 0.05) is 21.8 Å². The summed E-state index contributed by atoms with van der Waals surface area (Å²) in [5.74, 6) is -0.738. The Morgan fingerprint density at radius 2 is 1.45 bits per heavy atom. The minimum Gasteiger partial charge on any atom is -0.325 e. The maximum atomic E-state index is 13.2. The number of amides is 3. The van der Waals surface area contributed by atoms with Gasteiger partial charge in [0.25, 0.3) is 11.8 Å². The van der Waals surface area contributed by atoms with Crippen molar-refractivity contribution < 1.29 is 14.4 Å². The van der Waals surface area contributed by atoms with Gasteiger partial charge in [0.15, 0.2) is 0 Å². The standard InChI is InChI=1S/C31H27N3O3S/c1-22-11-8-9-18-27(22)33-29(35)21-38-26-17-10-16-25(20-26)32-31(37)28(19-23-12-4-2-5-13-23)34-30(36)24-14-6-3-7-15-24/h2-20H,21H2,1H3,(H,32,37)(H,33,35)(H,34,36)/b28-19-. The van der Waals surface area contributed by atoms with E-state index >= 15 is 0 Å². The second-order valence-electron chi connectivity index (χ2n) is 8.42.